The predicted octanol–water partition coefficient (Wildman–Crippen LogP) is 1.89. The number of nitrogens with one attached hydrogen (secondary N) is 1. The highest BCUT2D eigenvalue weighted by molar-refractivity contribution is 5.56. The lowest BCUT2D eigenvalue weighted by Gasteiger charge is -2.15. The molecule has 1 atom stereocenters. The highest BCUT2D eigenvalue weighted by atomic mass is 16.6. The maximum atomic E-state index is 10.9. The number of aromatic nitrogens is 1. The Kier molecular flexibility index (Phi) is 3.33. The van der Waals surface area contributed by atoms with Gasteiger partial charge >= 0.3 is 5.82 Å². The summed E-state index contributed by atoms with van der Waals surface area (Å²) in [7, 11) is 0. The molecule has 1 saturated heterocycles. The summed E-state index contributed by atoms with van der Waals surface area (Å²) in [6.45, 7) is 3.08. The van der Waals surface area contributed by atoms with Gasteiger partial charge in [-0.3, -0.25) is 0 Å². The molecule has 1 aliphatic carbocycles. The minimum Gasteiger partial charge on any atom is -0.378 e. The van der Waals surface area contributed by atoms with E-state index in [9.17, 15) is 10.1 Å². The molecule has 1 aromatic rings. The molecule has 0 bridgehead atoms. The first-order valence-corrected chi connectivity index (χ1v) is 6.81. The molecule has 2 aliphatic rings. The van der Waals surface area contributed by atoms with Crippen molar-refractivity contribution in [3.05, 3.63) is 28.4 Å². The van der Waals surface area contributed by atoms with Crippen molar-refractivity contribution in [3.63, 3.8) is 0 Å². The SMILES string of the molecule is O=[N+]([O-])c1ncccc1NCC1CCN(C2CC2)C1. The molecule has 19 heavy (non-hydrogen) atoms. The Hall–Kier alpha value is -1.69. The lowest BCUT2D eigenvalue weighted by molar-refractivity contribution is -0.388. The highest BCUT2D eigenvalue weighted by Gasteiger charge is 2.34. The Morgan fingerprint density at radius 2 is 2.32 bits per heavy atom. The van der Waals surface area contributed by atoms with Crippen LogP contribution in [0, 0.1) is 16.0 Å². The minimum atomic E-state index is -0.437. The molecule has 6 nitrogen and oxygen atoms in total. The van der Waals surface area contributed by atoms with Gasteiger partial charge in [0, 0.05) is 19.1 Å². The second kappa shape index (κ2) is 5.13. The molecule has 102 valence electrons. The van der Waals surface area contributed by atoms with E-state index in [4.69, 9.17) is 0 Å². The van der Waals surface area contributed by atoms with Gasteiger partial charge in [-0.2, -0.15) is 0 Å². The molecule has 1 aliphatic heterocycles. The smallest absolute Gasteiger partial charge is 0.378 e. The lowest BCUT2D eigenvalue weighted by Crippen LogP contribution is -2.24. The third-order valence-corrected chi connectivity index (χ3v) is 3.92. The molecule has 1 saturated carbocycles. The summed E-state index contributed by atoms with van der Waals surface area (Å²) in [4.78, 5) is 16.8. The third kappa shape index (κ3) is 2.84. The van der Waals surface area contributed by atoms with Crippen molar-refractivity contribution in [2.45, 2.75) is 25.3 Å². The van der Waals surface area contributed by atoms with Gasteiger partial charge in [0.1, 0.15) is 11.9 Å². The lowest BCUT2D eigenvalue weighted by atomic mass is 10.1. The zero-order valence-corrected chi connectivity index (χ0v) is 10.8. The summed E-state index contributed by atoms with van der Waals surface area (Å²) in [6.07, 6.45) is 5.31. The van der Waals surface area contributed by atoms with Crippen LogP contribution in [0.3, 0.4) is 0 Å². The van der Waals surface area contributed by atoms with Gasteiger partial charge in [0.25, 0.3) is 0 Å². The number of rotatable bonds is 5. The second-order valence-electron chi connectivity index (χ2n) is 5.39. The monoisotopic (exact) mass is 262 g/mol. The van der Waals surface area contributed by atoms with Gasteiger partial charge in [-0.25, -0.2) is 0 Å². The molecule has 1 unspecified atom stereocenters. The van der Waals surface area contributed by atoms with Crippen LogP contribution in [-0.2, 0) is 0 Å². The van der Waals surface area contributed by atoms with Crippen LogP contribution in [0.1, 0.15) is 19.3 Å². The van der Waals surface area contributed by atoms with Crippen LogP contribution in [0.15, 0.2) is 18.3 Å². The van der Waals surface area contributed by atoms with E-state index in [1.807, 2.05) is 0 Å². The van der Waals surface area contributed by atoms with Crippen molar-refractivity contribution in [1.29, 1.82) is 0 Å². The first-order valence-electron chi connectivity index (χ1n) is 6.81. The van der Waals surface area contributed by atoms with Gasteiger partial charge in [-0.1, -0.05) is 0 Å². The first kappa shape index (κ1) is 12.3. The summed E-state index contributed by atoms with van der Waals surface area (Å²) in [5.74, 6) is 0.500. The van der Waals surface area contributed by atoms with Crippen LogP contribution in [-0.4, -0.2) is 40.5 Å². The fourth-order valence-electron chi connectivity index (χ4n) is 2.74. The van der Waals surface area contributed by atoms with E-state index in [0.717, 1.165) is 19.1 Å². The zero-order chi connectivity index (χ0) is 13.2. The Balaban J connectivity index is 1.56. The van der Waals surface area contributed by atoms with E-state index in [-0.39, 0.29) is 5.82 Å². The number of hydrogen-bond acceptors (Lipinski definition) is 5. The quantitative estimate of drug-likeness (QED) is 0.648. The molecule has 0 radical (unpaired) electrons. The Bertz CT molecular complexity index is 475. The molecule has 1 aromatic heterocycles. The number of hydrogen-bond donors (Lipinski definition) is 1. The summed E-state index contributed by atoms with van der Waals surface area (Å²) >= 11 is 0. The van der Waals surface area contributed by atoms with Crippen molar-refractivity contribution in [2.24, 2.45) is 5.92 Å². The van der Waals surface area contributed by atoms with Crippen molar-refractivity contribution >= 4 is 11.5 Å². The van der Waals surface area contributed by atoms with Gasteiger partial charge in [0.2, 0.25) is 0 Å². The van der Waals surface area contributed by atoms with Crippen LogP contribution in [0.25, 0.3) is 0 Å². The van der Waals surface area contributed by atoms with Crippen LogP contribution in [0.5, 0.6) is 0 Å². The Morgan fingerprint density at radius 3 is 3.05 bits per heavy atom. The van der Waals surface area contributed by atoms with Gasteiger partial charge in [-0.15, -0.1) is 0 Å². The average Bonchev–Trinajstić information content (AvgIpc) is 3.16. The zero-order valence-electron chi connectivity index (χ0n) is 10.8. The average molecular weight is 262 g/mol. The predicted molar refractivity (Wildman–Crippen MR) is 72.1 cm³/mol. The normalized spacial score (nSPS) is 23.5. The molecule has 0 spiro atoms. The fourth-order valence-corrected chi connectivity index (χ4v) is 2.74. The van der Waals surface area contributed by atoms with Crippen LogP contribution >= 0.6 is 0 Å². The number of anilines is 1. The van der Waals surface area contributed by atoms with Gasteiger partial charge in [-0.05, 0) is 53.8 Å². The van der Waals surface area contributed by atoms with Crippen molar-refractivity contribution in [2.75, 3.05) is 25.0 Å². The summed E-state index contributed by atoms with van der Waals surface area (Å²) in [5.41, 5.74) is 0.525. The van der Waals surface area contributed by atoms with Crippen LogP contribution in [0.2, 0.25) is 0 Å². The van der Waals surface area contributed by atoms with E-state index in [1.165, 1.54) is 32.0 Å². The van der Waals surface area contributed by atoms with E-state index in [0.29, 0.717) is 11.6 Å². The minimum absolute atomic E-state index is 0.0838. The summed E-state index contributed by atoms with van der Waals surface area (Å²) in [5, 5.41) is 14.0. The Labute approximate surface area is 112 Å². The van der Waals surface area contributed by atoms with E-state index in [1.54, 1.807) is 12.1 Å². The molecule has 6 heteroatoms. The standard InChI is InChI=1S/C13H18N4O2/c18-17(19)13-12(2-1-6-14-13)15-8-10-5-7-16(9-10)11-3-4-11/h1-2,6,10-11,15H,3-5,7-9H2. The summed E-state index contributed by atoms with van der Waals surface area (Å²) < 4.78 is 0. The number of nitrogens with zero attached hydrogens (tertiary/aromatic N) is 3. The first-order chi connectivity index (χ1) is 9.24. The van der Waals surface area contributed by atoms with Crippen molar-refractivity contribution in [1.82, 2.24) is 9.88 Å². The number of nitro groups is 1. The van der Waals surface area contributed by atoms with E-state index < -0.39 is 4.92 Å². The number of pyridine rings is 1. The van der Waals surface area contributed by atoms with Gasteiger partial charge in [0.15, 0.2) is 0 Å². The second-order valence-corrected chi connectivity index (χ2v) is 5.39. The molecule has 0 aromatic carbocycles. The van der Waals surface area contributed by atoms with Gasteiger partial charge < -0.3 is 20.3 Å². The fraction of sp³-hybridized carbons (Fsp3) is 0.615. The molecular weight excluding hydrogens is 244 g/mol. The maximum Gasteiger partial charge on any atom is 0.386 e. The highest BCUT2D eigenvalue weighted by Crippen LogP contribution is 2.32. The molecule has 3 rings (SSSR count). The summed E-state index contributed by atoms with van der Waals surface area (Å²) in [6, 6.07) is 4.26. The molecule has 0 amide bonds. The Morgan fingerprint density at radius 1 is 1.47 bits per heavy atom. The van der Waals surface area contributed by atoms with Crippen molar-refractivity contribution in [3.8, 4) is 0 Å². The molecule has 2 fully saturated rings. The molecule has 1 N–H and O–H groups in total. The van der Waals surface area contributed by atoms with E-state index >= 15 is 0 Å². The number of likely N-dealkylation sites (tertiary alicyclic amines) is 1. The topological polar surface area (TPSA) is 71.3 Å². The molecular formula is C13H18N4O2. The maximum absolute atomic E-state index is 10.9. The van der Waals surface area contributed by atoms with Gasteiger partial charge in [0.05, 0.1) is 0 Å². The third-order valence-electron chi connectivity index (χ3n) is 3.92. The van der Waals surface area contributed by atoms with Crippen LogP contribution < -0.4 is 5.32 Å². The van der Waals surface area contributed by atoms with Crippen molar-refractivity contribution < 1.29 is 4.92 Å². The molecule has 2 heterocycles. The largest absolute Gasteiger partial charge is 0.386 e. The van der Waals surface area contributed by atoms with E-state index in [2.05, 4.69) is 15.2 Å². The van der Waals surface area contributed by atoms with Crippen LogP contribution in [0.4, 0.5) is 11.5 Å².